The Balaban J connectivity index is 1.99. The molecule has 2 nitrogen and oxygen atoms in total. The molecule has 98 valence electrons. The third-order valence-corrected chi connectivity index (χ3v) is 4.40. The Bertz CT molecular complexity index is 447. The number of nitrogens with one attached hydrogen (secondary N) is 1. The van der Waals surface area contributed by atoms with Crippen molar-refractivity contribution in [3.05, 3.63) is 34.6 Å². The first kappa shape index (κ1) is 13.8. The molecule has 0 aromatic heterocycles. The second kappa shape index (κ2) is 6.02. The highest BCUT2D eigenvalue weighted by atomic mass is 79.9. The molecule has 0 bridgehead atoms. The molecule has 0 spiro atoms. The number of rotatable bonds is 2. The van der Waals surface area contributed by atoms with Crippen LogP contribution in [0.4, 0.5) is 4.39 Å². The van der Waals surface area contributed by atoms with E-state index in [-0.39, 0.29) is 17.0 Å². The summed E-state index contributed by atoms with van der Waals surface area (Å²) in [5.74, 6) is -0.658. The van der Waals surface area contributed by atoms with E-state index in [0.717, 1.165) is 31.7 Å². The van der Waals surface area contributed by atoms with Gasteiger partial charge in [-0.3, -0.25) is 4.79 Å². The Morgan fingerprint density at radius 2 is 2.00 bits per heavy atom. The van der Waals surface area contributed by atoms with E-state index in [1.807, 2.05) is 0 Å². The highest BCUT2D eigenvalue weighted by Gasteiger charge is 2.21. The fourth-order valence-electron chi connectivity index (χ4n) is 2.13. The summed E-state index contributed by atoms with van der Waals surface area (Å²) >= 11 is 9.43. The maximum atomic E-state index is 12.9. The zero-order valence-electron chi connectivity index (χ0n) is 9.76. The molecule has 1 aliphatic carbocycles. The molecule has 1 aromatic carbocycles. The first-order valence-corrected chi connectivity index (χ1v) is 7.25. The molecule has 1 amide bonds. The third-order valence-electron chi connectivity index (χ3n) is 3.17. The second-order valence-corrected chi connectivity index (χ2v) is 6.25. The van der Waals surface area contributed by atoms with E-state index in [4.69, 9.17) is 11.6 Å². The van der Waals surface area contributed by atoms with Gasteiger partial charge in [0, 0.05) is 10.9 Å². The van der Waals surface area contributed by atoms with Gasteiger partial charge >= 0.3 is 0 Å². The van der Waals surface area contributed by atoms with Gasteiger partial charge in [0.1, 0.15) is 5.82 Å². The summed E-state index contributed by atoms with van der Waals surface area (Å²) in [6, 6.07) is 4.01. The Kier molecular flexibility index (Phi) is 4.62. The predicted octanol–water partition coefficient (Wildman–Crippen LogP) is 3.92. The Hall–Kier alpha value is -0.610. The Morgan fingerprint density at radius 1 is 1.33 bits per heavy atom. The van der Waals surface area contributed by atoms with Crippen LogP contribution in [0.2, 0.25) is 5.02 Å². The summed E-state index contributed by atoms with van der Waals surface area (Å²) in [5.41, 5.74) is 0.332. The van der Waals surface area contributed by atoms with Crippen molar-refractivity contribution in [2.24, 2.45) is 0 Å². The number of amides is 1. The molecule has 5 heteroatoms. The van der Waals surface area contributed by atoms with Crippen LogP contribution >= 0.6 is 27.5 Å². The summed E-state index contributed by atoms with van der Waals surface area (Å²) in [5, 5.41) is 3.10. The quantitative estimate of drug-likeness (QED) is 0.816. The maximum absolute atomic E-state index is 12.9. The molecular weight excluding hydrogens is 321 g/mol. The highest BCUT2D eigenvalue weighted by molar-refractivity contribution is 9.09. The minimum atomic E-state index is -0.434. The number of carbonyl (C=O) groups excluding carboxylic acids is 1. The fourth-order valence-corrected chi connectivity index (χ4v) is 2.92. The zero-order valence-corrected chi connectivity index (χ0v) is 12.1. The van der Waals surface area contributed by atoms with Crippen LogP contribution in [0.5, 0.6) is 0 Å². The zero-order chi connectivity index (χ0) is 13.1. The van der Waals surface area contributed by atoms with Crippen LogP contribution in [-0.4, -0.2) is 16.8 Å². The van der Waals surface area contributed by atoms with Gasteiger partial charge in [-0.2, -0.15) is 0 Å². The number of alkyl halides is 1. The van der Waals surface area contributed by atoms with E-state index in [2.05, 4.69) is 21.2 Å². The number of halogens is 3. The predicted molar refractivity (Wildman–Crippen MR) is 73.8 cm³/mol. The topological polar surface area (TPSA) is 29.1 Å². The maximum Gasteiger partial charge on any atom is 0.253 e. The molecule has 18 heavy (non-hydrogen) atoms. The first-order chi connectivity index (χ1) is 8.56. The van der Waals surface area contributed by atoms with Gasteiger partial charge in [0.05, 0.1) is 10.6 Å². The molecule has 0 saturated heterocycles. The van der Waals surface area contributed by atoms with Gasteiger partial charge in [-0.25, -0.2) is 4.39 Å². The minimum Gasteiger partial charge on any atom is -0.349 e. The Morgan fingerprint density at radius 3 is 2.61 bits per heavy atom. The van der Waals surface area contributed by atoms with Crippen LogP contribution in [0, 0.1) is 5.82 Å². The monoisotopic (exact) mass is 333 g/mol. The smallest absolute Gasteiger partial charge is 0.253 e. The van der Waals surface area contributed by atoms with Crippen molar-refractivity contribution in [3.8, 4) is 0 Å². The Labute approximate surface area is 119 Å². The van der Waals surface area contributed by atoms with Gasteiger partial charge < -0.3 is 5.32 Å². The lowest BCUT2D eigenvalue weighted by Crippen LogP contribution is -2.37. The third kappa shape index (κ3) is 3.45. The molecule has 1 saturated carbocycles. The number of carbonyl (C=O) groups is 1. The minimum absolute atomic E-state index is 0.154. The average molecular weight is 335 g/mol. The largest absolute Gasteiger partial charge is 0.349 e. The highest BCUT2D eigenvalue weighted by Crippen LogP contribution is 2.25. The lowest BCUT2D eigenvalue weighted by atomic mass is 9.95. The molecule has 0 unspecified atom stereocenters. The van der Waals surface area contributed by atoms with E-state index in [9.17, 15) is 9.18 Å². The summed E-state index contributed by atoms with van der Waals surface area (Å²) in [6.45, 7) is 0. The van der Waals surface area contributed by atoms with E-state index in [0.29, 0.717) is 10.4 Å². The molecule has 0 heterocycles. The first-order valence-electron chi connectivity index (χ1n) is 5.96. The van der Waals surface area contributed by atoms with Crippen molar-refractivity contribution < 1.29 is 9.18 Å². The molecule has 1 N–H and O–H groups in total. The van der Waals surface area contributed by atoms with Gasteiger partial charge in [-0.05, 0) is 43.9 Å². The molecular formula is C13H14BrClFNO. The molecule has 1 aliphatic rings. The van der Waals surface area contributed by atoms with E-state index in [1.54, 1.807) is 0 Å². The van der Waals surface area contributed by atoms with Gasteiger partial charge in [-0.15, -0.1) is 0 Å². The summed E-state index contributed by atoms with van der Waals surface area (Å²) in [6.07, 6.45) is 4.03. The normalized spacial score (nSPS) is 23.7. The van der Waals surface area contributed by atoms with Crippen LogP contribution in [0.25, 0.3) is 0 Å². The van der Waals surface area contributed by atoms with Gasteiger partial charge in [0.15, 0.2) is 0 Å². The number of benzene rings is 1. The van der Waals surface area contributed by atoms with Crippen molar-refractivity contribution in [2.75, 3.05) is 0 Å². The van der Waals surface area contributed by atoms with Crippen LogP contribution in [0.15, 0.2) is 18.2 Å². The molecule has 0 aliphatic heterocycles. The standard InChI is InChI=1S/C13H14BrClFNO/c14-8-1-4-10(5-2-8)17-13(18)11-6-3-9(16)7-12(11)15/h3,6-8,10H,1-2,4-5H2,(H,17,18). The van der Waals surface area contributed by atoms with Gasteiger partial charge in [0.2, 0.25) is 0 Å². The van der Waals surface area contributed by atoms with Gasteiger partial charge in [0.25, 0.3) is 5.91 Å². The molecule has 2 rings (SSSR count). The van der Waals surface area contributed by atoms with Crippen LogP contribution in [-0.2, 0) is 0 Å². The van der Waals surface area contributed by atoms with E-state index < -0.39 is 5.82 Å². The summed E-state index contributed by atoms with van der Waals surface area (Å²) in [4.78, 5) is 12.6. The van der Waals surface area contributed by atoms with Crippen LogP contribution < -0.4 is 5.32 Å². The summed E-state index contributed by atoms with van der Waals surface area (Å²) < 4.78 is 12.9. The molecule has 0 radical (unpaired) electrons. The van der Waals surface area contributed by atoms with Crippen LogP contribution in [0.3, 0.4) is 0 Å². The van der Waals surface area contributed by atoms with Crippen molar-refractivity contribution in [2.45, 2.75) is 36.6 Å². The van der Waals surface area contributed by atoms with E-state index >= 15 is 0 Å². The average Bonchev–Trinajstić information content (AvgIpc) is 2.32. The van der Waals surface area contributed by atoms with Crippen molar-refractivity contribution in [1.29, 1.82) is 0 Å². The SMILES string of the molecule is O=C(NC1CCC(Br)CC1)c1ccc(F)cc1Cl. The molecule has 1 aromatic rings. The van der Waals surface area contributed by atoms with Crippen LogP contribution in [0.1, 0.15) is 36.0 Å². The van der Waals surface area contributed by atoms with Crippen molar-refractivity contribution >= 4 is 33.4 Å². The second-order valence-electron chi connectivity index (χ2n) is 4.55. The fraction of sp³-hybridized carbons (Fsp3) is 0.462. The van der Waals surface area contributed by atoms with E-state index in [1.165, 1.54) is 12.1 Å². The van der Waals surface area contributed by atoms with Crippen molar-refractivity contribution in [3.63, 3.8) is 0 Å². The lowest BCUT2D eigenvalue weighted by molar-refractivity contribution is 0.0928. The summed E-state index contributed by atoms with van der Waals surface area (Å²) in [7, 11) is 0. The number of hydrogen-bond donors (Lipinski definition) is 1. The lowest BCUT2D eigenvalue weighted by Gasteiger charge is -2.26. The molecule has 1 fully saturated rings. The van der Waals surface area contributed by atoms with Crippen molar-refractivity contribution in [1.82, 2.24) is 5.32 Å². The number of hydrogen-bond acceptors (Lipinski definition) is 1. The molecule has 0 atom stereocenters. The van der Waals surface area contributed by atoms with Gasteiger partial charge in [-0.1, -0.05) is 27.5 Å².